The van der Waals surface area contributed by atoms with Gasteiger partial charge >= 0.3 is 5.97 Å². The van der Waals surface area contributed by atoms with Gasteiger partial charge in [-0.1, -0.05) is 66.7 Å². The molecule has 3 aromatic carbocycles. The maximum absolute atomic E-state index is 13.5. The zero-order valence-electron chi connectivity index (χ0n) is 19.0. The monoisotopic (exact) mass is 492 g/mol. The summed E-state index contributed by atoms with van der Waals surface area (Å²) in [6.45, 7) is -0.378. The van der Waals surface area contributed by atoms with E-state index in [9.17, 15) is 14.4 Å². The fraction of sp³-hybridized carbons (Fsp3) is 0.0345. The maximum Gasteiger partial charge on any atom is 0.340 e. The zero-order chi connectivity index (χ0) is 24.9. The van der Waals surface area contributed by atoms with Crippen molar-refractivity contribution in [2.24, 2.45) is 0 Å². The van der Waals surface area contributed by atoms with E-state index in [4.69, 9.17) is 9.72 Å². The average molecular weight is 493 g/mol. The third-order valence-electron chi connectivity index (χ3n) is 5.56. The first kappa shape index (κ1) is 23.1. The van der Waals surface area contributed by atoms with Crippen molar-refractivity contribution in [3.63, 3.8) is 0 Å². The van der Waals surface area contributed by atoms with Gasteiger partial charge in [-0.15, -0.1) is 11.3 Å². The molecule has 0 saturated heterocycles. The largest absolute Gasteiger partial charge is 0.454 e. The molecule has 0 spiro atoms. The Hall–Kier alpha value is -4.62. The van der Waals surface area contributed by atoms with Crippen molar-refractivity contribution < 1.29 is 19.1 Å². The predicted octanol–water partition coefficient (Wildman–Crippen LogP) is 6.26. The van der Waals surface area contributed by atoms with Crippen molar-refractivity contribution in [3.05, 3.63) is 118 Å². The smallest absolute Gasteiger partial charge is 0.340 e. The molecular formula is C29H20N2O4S. The van der Waals surface area contributed by atoms with Crippen LogP contribution in [0.4, 0.5) is 5.69 Å². The Kier molecular flexibility index (Phi) is 6.64. The Morgan fingerprint density at radius 3 is 2.36 bits per heavy atom. The van der Waals surface area contributed by atoms with E-state index in [2.05, 4.69) is 5.32 Å². The van der Waals surface area contributed by atoms with Gasteiger partial charge in [-0.3, -0.25) is 9.59 Å². The Bertz CT molecular complexity index is 1560. The van der Waals surface area contributed by atoms with Gasteiger partial charge in [0.2, 0.25) is 5.78 Å². The summed E-state index contributed by atoms with van der Waals surface area (Å²) in [7, 11) is 0. The lowest BCUT2D eigenvalue weighted by atomic mass is 10.0. The lowest BCUT2D eigenvalue weighted by molar-refractivity contribution is 0.0477. The highest BCUT2D eigenvalue weighted by atomic mass is 32.1. The van der Waals surface area contributed by atoms with Crippen LogP contribution in [0, 0.1) is 0 Å². The quantitative estimate of drug-likeness (QED) is 0.214. The topological polar surface area (TPSA) is 85.4 Å². The maximum atomic E-state index is 13.5. The van der Waals surface area contributed by atoms with E-state index < -0.39 is 5.97 Å². The number of pyridine rings is 1. The molecule has 7 heteroatoms. The van der Waals surface area contributed by atoms with Gasteiger partial charge in [0.1, 0.15) is 0 Å². The van der Waals surface area contributed by atoms with Crippen molar-refractivity contribution in [1.29, 1.82) is 0 Å². The minimum Gasteiger partial charge on any atom is -0.454 e. The fourth-order valence-electron chi connectivity index (χ4n) is 3.80. The summed E-state index contributed by atoms with van der Waals surface area (Å²) < 4.78 is 5.25. The molecule has 2 aromatic heterocycles. The van der Waals surface area contributed by atoms with Crippen molar-refractivity contribution in [3.8, 4) is 11.3 Å². The van der Waals surface area contributed by atoms with Gasteiger partial charge in [0.15, 0.2) is 6.61 Å². The lowest BCUT2D eigenvalue weighted by Crippen LogP contribution is -2.18. The minimum absolute atomic E-state index is 0.159. The molecule has 0 unspecified atom stereocenters. The van der Waals surface area contributed by atoms with Gasteiger partial charge in [-0.05, 0) is 35.7 Å². The Labute approximate surface area is 211 Å². The first-order chi connectivity index (χ1) is 17.6. The number of carbonyl (C=O) groups is 3. The number of aromatic nitrogens is 1. The number of benzene rings is 3. The summed E-state index contributed by atoms with van der Waals surface area (Å²) >= 11 is 1.29. The lowest BCUT2D eigenvalue weighted by Gasteiger charge is -2.13. The van der Waals surface area contributed by atoms with Crippen LogP contribution in [0.3, 0.4) is 0 Å². The standard InChI is InChI=1S/C29H20N2O4S/c32-26(27-15-8-16-36-27)18-35-29(34)21-12-5-7-14-24(21)31-28(33)22-17-25(19-9-2-1-3-10-19)30-23-13-6-4-11-20(22)23/h1-17H,18H2,(H,31,33). The van der Waals surface area contributed by atoms with E-state index in [0.29, 0.717) is 32.7 Å². The van der Waals surface area contributed by atoms with Crippen LogP contribution in [0.15, 0.2) is 102 Å². The molecule has 0 saturated carbocycles. The summed E-state index contributed by atoms with van der Waals surface area (Å²) in [5, 5.41) is 5.32. The third kappa shape index (κ3) is 4.92. The number of anilines is 1. The number of hydrogen-bond acceptors (Lipinski definition) is 6. The summed E-state index contributed by atoms with van der Waals surface area (Å²) in [5.41, 5.74) is 3.11. The molecule has 0 radical (unpaired) electrons. The number of amides is 1. The van der Waals surface area contributed by atoms with Gasteiger partial charge in [0.25, 0.3) is 5.91 Å². The Morgan fingerprint density at radius 2 is 1.56 bits per heavy atom. The number of thiophene rings is 1. The number of ketones is 1. The molecule has 0 aliphatic rings. The Morgan fingerprint density at radius 1 is 0.806 bits per heavy atom. The molecule has 1 amide bonds. The number of nitrogens with zero attached hydrogens (tertiary/aromatic N) is 1. The van der Waals surface area contributed by atoms with Gasteiger partial charge in [0, 0.05) is 10.9 Å². The first-order valence-corrected chi connectivity index (χ1v) is 12.1. The highest BCUT2D eigenvalue weighted by molar-refractivity contribution is 7.12. The van der Waals surface area contributed by atoms with Crippen molar-refractivity contribution >= 4 is 45.6 Å². The molecule has 36 heavy (non-hydrogen) atoms. The molecule has 5 rings (SSSR count). The summed E-state index contributed by atoms with van der Waals surface area (Å²) in [6, 6.07) is 28.8. The number of para-hydroxylation sites is 2. The number of hydrogen-bond donors (Lipinski definition) is 1. The number of Topliss-reactive ketones (excluding diaryl/α,β-unsaturated/α-hetero) is 1. The highest BCUT2D eigenvalue weighted by Crippen LogP contribution is 2.26. The van der Waals surface area contributed by atoms with E-state index >= 15 is 0 Å². The fourth-order valence-corrected chi connectivity index (χ4v) is 4.45. The number of rotatable bonds is 7. The van der Waals surface area contributed by atoms with Crippen LogP contribution < -0.4 is 5.32 Å². The molecule has 0 aliphatic carbocycles. The van der Waals surface area contributed by atoms with E-state index in [0.717, 1.165) is 5.56 Å². The molecule has 0 atom stereocenters. The zero-order valence-corrected chi connectivity index (χ0v) is 19.8. The van der Waals surface area contributed by atoms with Crippen LogP contribution in [0.1, 0.15) is 30.4 Å². The van der Waals surface area contributed by atoms with E-state index in [-0.39, 0.29) is 23.9 Å². The van der Waals surface area contributed by atoms with Crippen molar-refractivity contribution in [1.82, 2.24) is 4.98 Å². The molecule has 176 valence electrons. The van der Waals surface area contributed by atoms with Crippen LogP contribution in [-0.2, 0) is 4.74 Å². The number of ether oxygens (including phenoxy) is 1. The van der Waals surface area contributed by atoms with Crippen LogP contribution in [0.25, 0.3) is 22.2 Å². The molecule has 0 bridgehead atoms. The van der Waals surface area contributed by atoms with Crippen LogP contribution in [-0.4, -0.2) is 29.3 Å². The van der Waals surface area contributed by atoms with Gasteiger partial charge in [0.05, 0.1) is 32.9 Å². The number of carbonyl (C=O) groups excluding carboxylic acids is 3. The molecule has 6 nitrogen and oxygen atoms in total. The second kappa shape index (κ2) is 10.3. The van der Waals surface area contributed by atoms with E-state index in [1.807, 2.05) is 54.6 Å². The van der Waals surface area contributed by atoms with Gasteiger partial charge in [-0.25, -0.2) is 9.78 Å². The van der Waals surface area contributed by atoms with Gasteiger partial charge in [-0.2, -0.15) is 0 Å². The van der Waals surface area contributed by atoms with E-state index in [1.165, 1.54) is 11.3 Å². The number of esters is 1. The van der Waals surface area contributed by atoms with Crippen LogP contribution in [0.5, 0.6) is 0 Å². The SMILES string of the molecule is O=C(COC(=O)c1ccccc1NC(=O)c1cc(-c2ccccc2)nc2ccccc12)c1cccs1. The third-order valence-corrected chi connectivity index (χ3v) is 6.47. The second-order valence-corrected chi connectivity index (χ2v) is 8.86. The van der Waals surface area contributed by atoms with Crippen molar-refractivity contribution in [2.75, 3.05) is 11.9 Å². The summed E-state index contributed by atoms with van der Waals surface area (Å²) in [6.07, 6.45) is 0. The van der Waals surface area contributed by atoms with E-state index in [1.54, 1.807) is 47.8 Å². The molecule has 1 N–H and O–H groups in total. The van der Waals surface area contributed by atoms with Gasteiger partial charge < -0.3 is 10.1 Å². The summed E-state index contributed by atoms with van der Waals surface area (Å²) in [4.78, 5) is 43.7. The Balaban J connectivity index is 1.42. The molecule has 0 fully saturated rings. The van der Waals surface area contributed by atoms with Crippen LogP contribution >= 0.6 is 11.3 Å². The minimum atomic E-state index is -0.694. The first-order valence-electron chi connectivity index (χ1n) is 11.2. The number of fused-ring (bicyclic) bond motifs is 1. The van der Waals surface area contributed by atoms with Crippen LogP contribution in [0.2, 0.25) is 0 Å². The molecule has 5 aromatic rings. The molecule has 0 aliphatic heterocycles. The van der Waals surface area contributed by atoms with Crippen molar-refractivity contribution in [2.45, 2.75) is 0 Å². The predicted molar refractivity (Wildman–Crippen MR) is 141 cm³/mol. The highest BCUT2D eigenvalue weighted by Gasteiger charge is 2.19. The molecular weight excluding hydrogens is 472 g/mol. The number of nitrogens with one attached hydrogen (secondary N) is 1. The summed E-state index contributed by atoms with van der Waals surface area (Å²) in [5.74, 6) is -1.36. The molecule has 2 heterocycles. The average Bonchev–Trinajstić information content (AvgIpc) is 3.47. The second-order valence-electron chi connectivity index (χ2n) is 7.91. The normalized spacial score (nSPS) is 10.7.